The van der Waals surface area contributed by atoms with Gasteiger partial charge in [0.15, 0.2) is 0 Å². The van der Waals surface area contributed by atoms with Gasteiger partial charge in [-0.15, -0.1) is 0 Å². The predicted molar refractivity (Wildman–Crippen MR) is 66.0 cm³/mol. The normalized spacial score (nSPS) is 33.7. The predicted octanol–water partition coefficient (Wildman–Crippen LogP) is 2.09. The van der Waals surface area contributed by atoms with E-state index in [2.05, 4.69) is 0 Å². The van der Waals surface area contributed by atoms with Crippen molar-refractivity contribution in [3.63, 3.8) is 0 Å². The van der Waals surface area contributed by atoms with Gasteiger partial charge in [-0.05, 0) is 58.2 Å². The zero-order valence-electron chi connectivity index (χ0n) is 6.79. The maximum absolute atomic E-state index is 10.8. The van der Waals surface area contributed by atoms with E-state index in [1.165, 1.54) is 6.92 Å². The number of hydrogen-bond acceptors (Lipinski definition) is 2. The van der Waals surface area contributed by atoms with Gasteiger partial charge in [0.1, 0.15) is 11.5 Å². The molecule has 2 N–H and O–H groups in total. The number of aliphatic hydroxyl groups is 1. The first-order valence-corrected chi connectivity index (χ1v) is 5.71. The lowest BCUT2D eigenvalue weighted by atomic mass is 9.85. The first-order chi connectivity index (χ1) is 5.85. The smallest absolute Gasteiger partial charge is 0.313 e. The van der Waals surface area contributed by atoms with E-state index >= 15 is 0 Å². The number of aliphatic carboxylic acids is 1. The molecule has 1 aliphatic rings. The molecule has 1 aliphatic carbocycles. The zero-order chi connectivity index (χ0) is 10.2. The van der Waals surface area contributed by atoms with Gasteiger partial charge in [0.2, 0.25) is 0 Å². The molecule has 2 unspecified atom stereocenters. The Balaban J connectivity index is 3.12. The summed E-state index contributed by atoms with van der Waals surface area (Å²) in [7, 11) is 0. The zero-order valence-corrected chi connectivity index (χ0v) is 11.1. The van der Waals surface area contributed by atoms with Crippen LogP contribution in [0.15, 0.2) is 19.3 Å². The van der Waals surface area contributed by atoms with Crippen LogP contribution in [0.5, 0.6) is 0 Å². The second-order valence-electron chi connectivity index (χ2n) is 3.01. The highest BCUT2D eigenvalue weighted by molar-refractivity contribution is 14.1. The van der Waals surface area contributed by atoms with Crippen molar-refractivity contribution < 1.29 is 15.0 Å². The molecule has 0 bridgehead atoms. The van der Waals surface area contributed by atoms with E-state index in [1.54, 1.807) is 12.2 Å². The Hall–Kier alpha value is 0.370. The molecular formula is C8H8I2O3. The molecule has 0 radical (unpaired) electrons. The van der Waals surface area contributed by atoms with Gasteiger partial charge in [-0.25, -0.2) is 0 Å². The lowest BCUT2D eigenvalue weighted by molar-refractivity contribution is -0.145. The second kappa shape index (κ2) is 3.85. The maximum Gasteiger partial charge on any atom is 0.313 e. The van der Waals surface area contributed by atoms with Crippen molar-refractivity contribution in [1.82, 2.24) is 0 Å². The van der Waals surface area contributed by atoms with E-state index in [0.717, 1.165) is 3.58 Å². The van der Waals surface area contributed by atoms with Crippen LogP contribution in [0, 0.1) is 5.92 Å². The van der Waals surface area contributed by atoms with Crippen LogP contribution < -0.4 is 0 Å². The van der Waals surface area contributed by atoms with E-state index in [-0.39, 0.29) is 0 Å². The number of rotatable bonds is 1. The highest BCUT2D eigenvalue weighted by Gasteiger charge is 2.40. The summed E-state index contributed by atoms with van der Waals surface area (Å²) in [5, 5.41) is 18.8. The molecule has 0 spiro atoms. The Labute approximate surface area is 103 Å². The summed E-state index contributed by atoms with van der Waals surface area (Å²) in [6.45, 7) is 1.52. The van der Waals surface area contributed by atoms with E-state index in [9.17, 15) is 9.90 Å². The molecule has 72 valence electrons. The molecule has 0 saturated heterocycles. The third-order valence-corrected chi connectivity index (χ3v) is 4.02. The summed E-state index contributed by atoms with van der Waals surface area (Å²) in [6.07, 6.45) is 3.34. The van der Waals surface area contributed by atoms with E-state index < -0.39 is 17.5 Å². The number of hydrogen-bond donors (Lipinski definition) is 2. The van der Waals surface area contributed by atoms with Crippen LogP contribution in [-0.4, -0.2) is 21.8 Å². The fourth-order valence-electron chi connectivity index (χ4n) is 1.10. The molecule has 0 aromatic heterocycles. The molecule has 0 aliphatic heterocycles. The standard InChI is InChI=1S/C8H8I2O3/c1-8(13)5(7(11)12)2-4(9)3-6(8)10/h2-3,5,13H,1H3,(H,11,12). The van der Waals surface area contributed by atoms with Crippen LogP contribution in [0.3, 0.4) is 0 Å². The SMILES string of the molecule is CC1(O)C(I)=CC(I)=CC1C(=O)O. The number of allylic oxidation sites excluding steroid dienone is 2. The van der Waals surface area contributed by atoms with E-state index in [0.29, 0.717) is 3.58 Å². The molecular weight excluding hydrogens is 398 g/mol. The van der Waals surface area contributed by atoms with Gasteiger partial charge in [0.25, 0.3) is 0 Å². The van der Waals surface area contributed by atoms with Crippen LogP contribution in [0.4, 0.5) is 0 Å². The molecule has 1 rings (SSSR count). The third-order valence-electron chi connectivity index (χ3n) is 1.95. The molecule has 0 aromatic rings. The van der Waals surface area contributed by atoms with Crippen molar-refractivity contribution >= 4 is 51.2 Å². The van der Waals surface area contributed by atoms with Crippen LogP contribution in [0.2, 0.25) is 0 Å². The van der Waals surface area contributed by atoms with Gasteiger partial charge in [0.05, 0.1) is 0 Å². The highest BCUT2D eigenvalue weighted by atomic mass is 127. The van der Waals surface area contributed by atoms with Gasteiger partial charge in [0, 0.05) is 7.16 Å². The molecule has 0 saturated carbocycles. The first kappa shape index (κ1) is 11.4. The van der Waals surface area contributed by atoms with Crippen molar-refractivity contribution in [3.8, 4) is 0 Å². The lowest BCUT2D eigenvalue weighted by Gasteiger charge is -2.30. The number of halogens is 2. The van der Waals surface area contributed by atoms with Crippen molar-refractivity contribution in [2.24, 2.45) is 5.92 Å². The van der Waals surface area contributed by atoms with Crippen molar-refractivity contribution in [2.75, 3.05) is 0 Å². The van der Waals surface area contributed by atoms with Crippen LogP contribution >= 0.6 is 45.2 Å². The van der Waals surface area contributed by atoms with E-state index in [1.807, 2.05) is 45.2 Å². The van der Waals surface area contributed by atoms with Gasteiger partial charge in [-0.1, -0.05) is 6.08 Å². The Morgan fingerprint density at radius 3 is 2.62 bits per heavy atom. The fraction of sp³-hybridized carbons (Fsp3) is 0.375. The molecule has 0 amide bonds. The number of carbonyl (C=O) groups is 1. The Morgan fingerprint density at radius 2 is 2.15 bits per heavy atom. The van der Waals surface area contributed by atoms with Gasteiger partial charge in [-0.3, -0.25) is 4.79 Å². The van der Waals surface area contributed by atoms with Gasteiger partial charge >= 0.3 is 5.97 Å². The minimum atomic E-state index is -1.28. The minimum Gasteiger partial charge on any atom is -0.481 e. The van der Waals surface area contributed by atoms with Crippen molar-refractivity contribution in [1.29, 1.82) is 0 Å². The highest BCUT2D eigenvalue weighted by Crippen LogP contribution is 2.38. The quantitative estimate of drug-likeness (QED) is 0.657. The van der Waals surface area contributed by atoms with Crippen LogP contribution in [-0.2, 0) is 4.79 Å². The molecule has 3 nitrogen and oxygen atoms in total. The largest absolute Gasteiger partial charge is 0.481 e. The summed E-state index contributed by atoms with van der Waals surface area (Å²) < 4.78 is 1.50. The van der Waals surface area contributed by atoms with Crippen LogP contribution in [0.1, 0.15) is 6.92 Å². The molecule has 5 heteroatoms. The Kier molecular flexibility index (Phi) is 3.39. The van der Waals surface area contributed by atoms with E-state index in [4.69, 9.17) is 5.11 Å². The van der Waals surface area contributed by atoms with Crippen LogP contribution in [0.25, 0.3) is 0 Å². The average molecular weight is 406 g/mol. The molecule has 0 heterocycles. The topological polar surface area (TPSA) is 57.5 Å². The monoisotopic (exact) mass is 406 g/mol. The fourth-order valence-corrected chi connectivity index (χ4v) is 3.03. The maximum atomic E-state index is 10.8. The number of carboxylic acids is 1. The third kappa shape index (κ3) is 2.24. The Morgan fingerprint density at radius 1 is 1.62 bits per heavy atom. The second-order valence-corrected chi connectivity index (χ2v) is 5.42. The first-order valence-electron chi connectivity index (χ1n) is 3.56. The summed E-state index contributed by atoms with van der Waals surface area (Å²) >= 11 is 4.01. The summed E-state index contributed by atoms with van der Waals surface area (Å²) in [6, 6.07) is 0. The summed E-state index contributed by atoms with van der Waals surface area (Å²) in [4.78, 5) is 10.8. The minimum absolute atomic E-state index is 0.657. The lowest BCUT2D eigenvalue weighted by Crippen LogP contribution is -2.40. The van der Waals surface area contributed by atoms with Gasteiger partial charge < -0.3 is 10.2 Å². The van der Waals surface area contributed by atoms with Crippen molar-refractivity contribution in [3.05, 3.63) is 19.3 Å². The Bertz CT molecular complexity index is 305. The molecule has 0 fully saturated rings. The number of carboxylic acid groups (broad SMARTS) is 1. The molecule has 2 atom stereocenters. The summed E-state index contributed by atoms with van der Waals surface area (Å²) in [5.74, 6) is -1.85. The van der Waals surface area contributed by atoms with Crippen molar-refractivity contribution in [2.45, 2.75) is 12.5 Å². The van der Waals surface area contributed by atoms with Gasteiger partial charge in [-0.2, -0.15) is 0 Å². The molecule has 13 heavy (non-hydrogen) atoms. The molecule has 0 aromatic carbocycles. The summed E-state index contributed by atoms with van der Waals surface area (Å²) in [5.41, 5.74) is -1.28. The average Bonchev–Trinajstić information content (AvgIpc) is 1.96.